The number of hydrogen-bond acceptors (Lipinski definition) is 11. The summed E-state index contributed by atoms with van der Waals surface area (Å²) in [7, 11) is -1.68. The van der Waals surface area contributed by atoms with Crippen molar-refractivity contribution < 1.29 is 13.2 Å². The zero-order chi connectivity index (χ0) is 31.6. The smallest absolute Gasteiger partial charge is 0.229 e. The molecule has 45 heavy (non-hydrogen) atoms. The minimum Gasteiger partial charge on any atom is -0.494 e. The van der Waals surface area contributed by atoms with Gasteiger partial charge in [-0.15, -0.1) is 0 Å². The molecule has 2 saturated heterocycles. The van der Waals surface area contributed by atoms with Crippen LogP contribution < -0.4 is 20.3 Å². The molecule has 0 spiro atoms. The molecule has 4 heterocycles. The van der Waals surface area contributed by atoms with Gasteiger partial charge in [0.25, 0.3) is 0 Å². The molecule has 0 bridgehead atoms. The Balaban J connectivity index is 1.25. The number of rotatable bonds is 10. The average molecular weight is 696 g/mol. The fraction of sp³-hybridized carbons (Fsp3) is 0.438. The molecule has 6 rings (SSSR count). The molecule has 2 fully saturated rings. The zero-order valence-electron chi connectivity index (χ0n) is 25.9. The van der Waals surface area contributed by atoms with E-state index in [1.807, 2.05) is 0 Å². The Hall–Kier alpha value is -3.55. The van der Waals surface area contributed by atoms with Gasteiger partial charge in [-0.3, -0.25) is 9.97 Å². The van der Waals surface area contributed by atoms with E-state index in [0.717, 1.165) is 25.2 Å². The van der Waals surface area contributed by atoms with Crippen LogP contribution in [-0.2, 0) is 22.0 Å². The van der Waals surface area contributed by atoms with Crippen molar-refractivity contribution in [1.29, 1.82) is 0 Å². The van der Waals surface area contributed by atoms with E-state index in [0.29, 0.717) is 50.3 Å². The summed E-state index contributed by atoms with van der Waals surface area (Å²) in [5.41, 5.74) is 5.46. The van der Waals surface area contributed by atoms with E-state index in [1.54, 1.807) is 37.8 Å². The third-order valence-corrected chi connectivity index (χ3v) is 10.0. The second-order valence-corrected chi connectivity index (χ2v) is 14.7. The first-order chi connectivity index (χ1) is 21.7. The highest BCUT2D eigenvalue weighted by Crippen LogP contribution is 2.38. The fourth-order valence-electron chi connectivity index (χ4n) is 6.42. The number of ether oxygens (including phenoxy) is 1. The van der Waals surface area contributed by atoms with E-state index in [4.69, 9.17) is 9.72 Å². The number of likely N-dealkylation sites (tertiary alicyclic amines) is 1. The number of nitrogens with zero attached hydrogens (tertiary/aromatic N) is 6. The second-order valence-electron chi connectivity index (χ2n) is 11.7. The Bertz CT molecular complexity index is 1790. The molecule has 4 aromatic rings. The molecule has 0 saturated carbocycles. The molecule has 2 aromatic carbocycles. The van der Waals surface area contributed by atoms with E-state index in [2.05, 4.69) is 70.4 Å². The first-order valence-electron chi connectivity index (χ1n) is 15.4. The van der Waals surface area contributed by atoms with Crippen LogP contribution in [0.2, 0.25) is 0 Å². The lowest BCUT2D eigenvalue weighted by molar-refractivity contribution is 0.208. The van der Waals surface area contributed by atoms with E-state index < -0.39 is 9.84 Å². The quantitative estimate of drug-likeness (QED) is 0.208. The van der Waals surface area contributed by atoms with Crippen molar-refractivity contribution in [1.82, 2.24) is 24.8 Å². The fourth-order valence-corrected chi connectivity index (χ4v) is 7.53. The molecule has 0 amide bonds. The van der Waals surface area contributed by atoms with E-state index in [-0.39, 0.29) is 5.75 Å². The highest BCUT2D eigenvalue weighted by atomic mass is 79.9. The second kappa shape index (κ2) is 13.4. The molecule has 13 heteroatoms. The lowest BCUT2D eigenvalue weighted by atomic mass is 10.0. The van der Waals surface area contributed by atoms with Gasteiger partial charge in [0.2, 0.25) is 5.95 Å². The molecule has 0 radical (unpaired) electrons. The molecule has 2 aliphatic rings. The number of sulfone groups is 1. The Morgan fingerprint density at radius 1 is 1.00 bits per heavy atom. The van der Waals surface area contributed by atoms with Gasteiger partial charge in [0.1, 0.15) is 11.6 Å². The van der Waals surface area contributed by atoms with Gasteiger partial charge in [-0.25, -0.2) is 13.4 Å². The monoisotopic (exact) mass is 694 g/mol. The molecule has 0 aliphatic carbocycles. The van der Waals surface area contributed by atoms with Crippen LogP contribution in [0, 0.1) is 0 Å². The maximum absolute atomic E-state index is 12.3. The summed E-state index contributed by atoms with van der Waals surface area (Å²) < 4.78 is 31.2. The first kappa shape index (κ1) is 31.4. The standard InChI is InChI=1S/C32H39BrN8O3S/c1-4-21-17-27(29(44-2)18-28(21)41-15-9-22(10-16-41)40-13-5-6-14-40)38-32-36-19-24(33)31(39-32)37-25-7-8-26-30(35-12-11-34-26)23(25)20-45(3,42)43/h7-8,11-12,17-19,22H,4-6,9-10,13-16,20H2,1-3H3,(H2,36,37,38,39). The van der Waals surface area contributed by atoms with Crippen molar-refractivity contribution >= 4 is 65.6 Å². The summed E-state index contributed by atoms with van der Waals surface area (Å²) in [6, 6.07) is 8.55. The van der Waals surface area contributed by atoms with E-state index in [1.165, 1.54) is 56.3 Å². The molecule has 238 valence electrons. The minimum atomic E-state index is -3.36. The van der Waals surface area contributed by atoms with Gasteiger partial charge in [0.15, 0.2) is 9.84 Å². The maximum atomic E-state index is 12.3. The highest BCUT2D eigenvalue weighted by molar-refractivity contribution is 9.10. The summed E-state index contributed by atoms with van der Waals surface area (Å²) in [6.45, 7) is 6.74. The van der Waals surface area contributed by atoms with Crippen LogP contribution >= 0.6 is 15.9 Å². The number of halogens is 1. The van der Waals surface area contributed by atoms with Gasteiger partial charge >= 0.3 is 0 Å². The normalized spacial score (nSPS) is 16.3. The van der Waals surface area contributed by atoms with Crippen LogP contribution in [0.15, 0.2) is 47.3 Å². The zero-order valence-corrected chi connectivity index (χ0v) is 28.3. The number of benzene rings is 2. The van der Waals surface area contributed by atoms with Crippen molar-refractivity contribution in [2.24, 2.45) is 0 Å². The first-order valence-corrected chi connectivity index (χ1v) is 18.2. The number of fused-ring (bicyclic) bond motifs is 1. The number of methoxy groups -OCH3 is 1. The average Bonchev–Trinajstić information content (AvgIpc) is 3.58. The lowest BCUT2D eigenvalue weighted by Crippen LogP contribution is -2.44. The number of anilines is 5. The number of aryl methyl sites for hydroxylation is 1. The van der Waals surface area contributed by atoms with Crippen LogP contribution in [0.25, 0.3) is 11.0 Å². The topological polar surface area (TPSA) is 125 Å². The third kappa shape index (κ3) is 7.15. The highest BCUT2D eigenvalue weighted by Gasteiger charge is 2.28. The van der Waals surface area contributed by atoms with Crippen molar-refractivity contribution in [3.63, 3.8) is 0 Å². The van der Waals surface area contributed by atoms with Crippen LogP contribution in [0.1, 0.15) is 43.7 Å². The van der Waals surface area contributed by atoms with Gasteiger partial charge < -0.3 is 25.2 Å². The number of nitrogens with one attached hydrogen (secondary N) is 2. The van der Waals surface area contributed by atoms with Crippen molar-refractivity contribution in [3.05, 3.63) is 58.5 Å². The molecule has 2 N–H and O–H groups in total. The van der Waals surface area contributed by atoms with Gasteiger partial charge in [-0.1, -0.05) is 6.92 Å². The summed E-state index contributed by atoms with van der Waals surface area (Å²) in [6.07, 6.45) is 11.9. The number of aromatic nitrogens is 4. The Labute approximate surface area is 272 Å². The predicted molar refractivity (Wildman–Crippen MR) is 183 cm³/mol. The third-order valence-electron chi connectivity index (χ3n) is 8.64. The van der Waals surface area contributed by atoms with Crippen molar-refractivity contribution in [2.45, 2.75) is 50.8 Å². The largest absolute Gasteiger partial charge is 0.494 e. The van der Waals surface area contributed by atoms with Gasteiger partial charge in [-0.05, 0) is 84.9 Å². The van der Waals surface area contributed by atoms with Crippen molar-refractivity contribution in [3.8, 4) is 5.75 Å². The predicted octanol–water partition coefficient (Wildman–Crippen LogP) is 5.85. The van der Waals surface area contributed by atoms with E-state index >= 15 is 0 Å². The number of piperidine rings is 1. The molecular formula is C32H39BrN8O3S. The maximum Gasteiger partial charge on any atom is 0.229 e. The molecule has 0 unspecified atom stereocenters. The van der Waals surface area contributed by atoms with E-state index in [9.17, 15) is 8.42 Å². The van der Waals surface area contributed by atoms with Gasteiger partial charge in [-0.2, -0.15) is 4.98 Å². The van der Waals surface area contributed by atoms with Gasteiger partial charge in [0.05, 0.1) is 34.1 Å². The molecule has 2 aliphatic heterocycles. The van der Waals surface area contributed by atoms with Crippen LogP contribution in [0.5, 0.6) is 5.75 Å². The van der Waals surface area contributed by atoms with Crippen LogP contribution in [0.4, 0.5) is 28.8 Å². The SMILES string of the molecule is CCc1cc(Nc2ncc(Br)c(Nc3ccc4nccnc4c3CS(C)(=O)=O)n2)c(OC)cc1N1CCC(N2CCCC2)CC1. The lowest BCUT2D eigenvalue weighted by Gasteiger charge is -2.38. The van der Waals surface area contributed by atoms with Crippen LogP contribution in [-0.4, -0.2) is 78.8 Å². The molecule has 11 nitrogen and oxygen atoms in total. The van der Waals surface area contributed by atoms with Crippen LogP contribution in [0.3, 0.4) is 0 Å². The summed E-state index contributed by atoms with van der Waals surface area (Å²) in [5, 5.41) is 6.65. The Morgan fingerprint density at radius 2 is 1.76 bits per heavy atom. The number of hydrogen-bond donors (Lipinski definition) is 2. The summed E-state index contributed by atoms with van der Waals surface area (Å²) in [5.74, 6) is 1.36. The molecule has 0 atom stereocenters. The Kier molecular flexibility index (Phi) is 9.39. The molecule has 2 aromatic heterocycles. The summed E-state index contributed by atoms with van der Waals surface area (Å²) >= 11 is 3.54. The minimum absolute atomic E-state index is 0.196. The Morgan fingerprint density at radius 3 is 2.47 bits per heavy atom. The summed E-state index contributed by atoms with van der Waals surface area (Å²) in [4.78, 5) is 23.2. The van der Waals surface area contributed by atoms with Gasteiger partial charge in [0, 0.05) is 67.0 Å². The molecular weight excluding hydrogens is 656 g/mol. The van der Waals surface area contributed by atoms with Crippen molar-refractivity contribution in [2.75, 3.05) is 55.1 Å².